The van der Waals surface area contributed by atoms with E-state index in [1.54, 1.807) is 12.0 Å². The molecule has 0 saturated carbocycles. The molecule has 154 valence electrons. The standard InChI is InChI=1S/C21H32N4O3/c1-16-12-17(2)14-25(13-16)20(26)15-23-8-10-24(11-9-23)21(27)22-18-4-6-19(28-3)7-5-18/h4-7,16-17H,8-15H2,1-3H3,(H,22,27). The number of nitrogens with one attached hydrogen (secondary N) is 1. The number of likely N-dealkylation sites (tertiary alicyclic amines) is 1. The molecule has 2 unspecified atom stereocenters. The fraction of sp³-hybridized carbons (Fsp3) is 0.619. The molecule has 2 heterocycles. The van der Waals surface area contributed by atoms with Gasteiger partial charge in [0.1, 0.15) is 5.75 Å². The molecule has 0 aliphatic carbocycles. The van der Waals surface area contributed by atoms with E-state index in [1.165, 1.54) is 6.42 Å². The lowest BCUT2D eigenvalue weighted by Gasteiger charge is -2.38. The lowest BCUT2D eigenvalue weighted by atomic mass is 9.92. The molecule has 2 saturated heterocycles. The van der Waals surface area contributed by atoms with Crippen LogP contribution in [0.1, 0.15) is 20.3 Å². The first kappa shape index (κ1) is 20.5. The summed E-state index contributed by atoms with van der Waals surface area (Å²) < 4.78 is 5.13. The van der Waals surface area contributed by atoms with Crippen LogP contribution in [0.2, 0.25) is 0 Å². The summed E-state index contributed by atoms with van der Waals surface area (Å²) in [6.07, 6.45) is 1.20. The zero-order valence-corrected chi connectivity index (χ0v) is 17.2. The van der Waals surface area contributed by atoms with Gasteiger partial charge in [0.2, 0.25) is 5.91 Å². The predicted octanol–water partition coefficient (Wildman–Crippen LogP) is 2.35. The molecule has 3 amide bonds. The summed E-state index contributed by atoms with van der Waals surface area (Å²) in [5.41, 5.74) is 0.747. The second-order valence-corrected chi connectivity index (χ2v) is 8.17. The van der Waals surface area contributed by atoms with E-state index in [1.807, 2.05) is 29.2 Å². The van der Waals surface area contributed by atoms with Crippen LogP contribution < -0.4 is 10.1 Å². The maximum atomic E-state index is 12.6. The van der Waals surface area contributed by atoms with Gasteiger partial charge < -0.3 is 19.9 Å². The van der Waals surface area contributed by atoms with Gasteiger partial charge in [-0.05, 0) is 42.5 Å². The summed E-state index contributed by atoms with van der Waals surface area (Å²) in [6, 6.07) is 7.19. The van der Waals surface area contributed by atoms with E-state index in [-0.39, 0.29) is 11.9 Å². The molecule has 1 aromatic carbocycles. The van der Waals surface area contributed by atoms with Crippen LogP contribution in [0, 0.1) is 11.8 Å². The highest BCUT2D eigenvalue weighted by atomic mass is 16.5. The molecule has 7 heteroatoms. The summed E-state index contributed by atoms with van der Waals surface area (Å²) in [5.74, 6) is 2.13. The molecule has 2 fully saturated rings. The molecule has 2 aliphatic heterocycles. The summed E-state index contributed by atoms with van der Waals surface area (Å²) in [4.78, 5) is 31.1. The number of benzene rings is 1. The number of carbonyl (C=O) groups is 2. The molecule has 7 nitrogen and oxygen atoms in total. The number of ether oxygens (including phenoxy) is 1. The summed E-state index contributed by atoms with van der Waals surface area (Å²) in [7, 11) is 1.62. The van der Waals surface area contributed by atoms with E-state index >= 15 is 0 Å². The molecule has 0 bridgehead atoms. The minimum Gasteiger partial charge on any atom is -0.497 e. The van der Waals surface area contributed by atoms with E-state index in [9.17, 15) is 9.59 Å². The van der Waals surface area contributed by atoms with Crippen LogP contribution >= 0.6 is 0 Å². The third-order valence-electron chi connectivity index (χ3n) is 5.58. The second-order valence-electron chi connectivity index (χ2n) is 8.17. The van der Waals surface area contributed by atoms with Crippen molar-refractivity contribution in [1.82, 2.24) is 14.7 Å². The molecule has 1 N–H and O–H groups in total. The molecular formula is C21H32N4O3. The molecular weight excluding hydrogens is 356 g/mol. The van der Waals surface area contributed by atoms with Gasteiger partial charge in [-0.2, -0.15) is 0 Å². The lowest BCUT2D eigenvalue weighted by Crippen LogP contribution is -2.53. The zero-order chi connectivity index (χ0) is 20.1. The minimum atomic E-state index is -0.102. The summed E-state index contributed by atoms with van der Waals surface area (Å²) >= 11 is 0. The Balaban J connectivity index is 1.43. The van der Waals surface area contributed by atoms with Crippen LogP contribution in [-0.4, -0.2) is 79.6 Å². The van der Waals surface area contributed by atoms with Crippen LogP contribution in [0.15, 0.2) is 24.3 Å². The Morgan fingerprint density at radius 2 is 1.61 bits per heavy atom. The van der Waals surface area contributed by atoms with Crippen LogP contribution in [0.4, 0.5) is 10.5 Å². The van der Waals surface area contributed by atoms with Gasteiger partial charge in [-0.1, -0.05) is 13.8 Å². The van der Waals surface area contributed by atoms with Crippen molar-refractivity contribution in [3.05, 3.63) is 24.3 Å². The van der Waals surface area contributed by atoms with Gasteiger partial charge in [-0.25, -0.2) is 4.79 Å². The molecule has 0 radical (unpaired) electrons. The van der Waals surface area contributed by atoms with Gasteiger partial charge in [0.05, 0.1) is 13.7 Å². The number of carbonyl (C=O) groups excluding carboxylic acids is 2. The maximum absolute atomic E-state index is 12.6. The molecule has 2 atom stereocenters. The van der Waals surface area contributed by atoms with Crippen molar-refractivity contribution in [2.45, 2.75) is 20.3 Å². The molecule has 2 aliphatic rings. The highest BCUT2D eigenvalue weighted by Gasteiger charge is 2.28. The normalized spacial score (nSPS) is 23.4. The minimum absolute atomic E-state index is 0.102. The SMILES string of the molecule is COc1ccc(NC(=O)N2CCN(CC(=O)N3CC(C)CC(C)C3)CC2)cc1. The highest BCUT2D eigenvalue weighted by Crippen LogP contribution is 2.21. The number of piperidine rings is 1. The number of hydrogen-bond acceptors (Lipinski definition) is 4. The summed E-state index contributed by atoms with van der Waals surface area (Å²) in [5, 5.41) is 2.92. The number of methoxy groups -OCH3 is 1. The molecule has 3 rings (SSSR count). The number of nitrogens with zero attached hydrogens (tertiary/aromatic N) is 3. The fourth-order valence-electron chi connectivity index (χ4n) is 4.14. The van der Waals surface area contributed by atoms with Gasteiger partial charge in [0.15, 0.2) is 0 Å². The van der Waals surface area contributed by atoms with E-state index in [4.69, 9.17) is 4.74 Å². The average molecular weight is 389 g/mol. The van der Waals surface area contributed by atoms with E-state index in [2.05, 4.69) is 24.1 Å². The van der Waals surface area contributed by atoms with Gasteiger partial charge in [0, 0.05) is 45.0 Å². The van der Waals surface area contributed by atoms with Gasteiger partial charge in [0.25, 0.3) is 0 Å². The first-order valence-electron chi connectivity index (χ1n) is 10.1. The van der Waals surface area contributed by atoms with Crippen molar-refractivity contribution in [2.24, 2.45) is 11.8 Å². The van der Waals surface area contributed by atoms with E-state index < -0.39 is 0 Å². The van der Waals surface area contributed by atoms with E-state index in [0.29, 0.717) is 31.5 Å². The monoisotopic (exact) mass is 388 g/mol. The van der Waals surface area contributed by atoms with Crippen molar-refractivity contribution in [3.8, 4) is 5.75 Å². The third-order valence-corrected chi connectivity index (χ3v) is 5.58. The Hall–Kier alpha value is -2.28. The Morgan fingerprint density at radius 1 is 1.00 bits per heavy atom. The van der Waals surface area contributed by atoms with Crippen LogP contribution in [0.25, 0.3) is 0 Å². The van der Waals surface area contributed by atoms with Crippen molar-refractivity contribution in [1.29, 1.82) is 0 Å². The van der Waals surface area contributed by atoms with Crippen molar-refractivity contribution < 1.29 is 14.3 Å². The molecule has 1 aromatic rings. The number of urea groups is 1. The highest BCUT2D eigenvalue weighted by molar-refractivity contribution is 5.89. The first-order valence-corrected chi connectivity index (χ1v) is 10.1. The quantitative estimate of drug-likeness (QED) is 0.860. The number of anilines is 1. The van der Waals surface area contributed by atoms with Crippen LogP contribution in [0.5, 0.6) is 5.75 Å². The van der Waals surface area contributed by atoms with Gasteiger partial charge >= 0.3 is 6.03 Å². The predicted molar refractivity (Wildman–Crippen MR) is 110 cm³/mol. The number of rotatable bonds is 4. The number of piperazine rings is 1. The first-order chi connectivity index (χ1) is 13.4. The molecule has 0 aromatic heterocycles. The van der Waals surface area contributed by atoms with Gasteiger partial charge in [-0.3, -0.25) is 9.69 Å². The number of hydrogen-bond donors (Lipinski definition) is 1. The van der Waals surface area contributed by atoms with Gasteiger partial charge in [-0.15, -0.1) is 0 Å². The molecule has 0 spiro atoms. The maximum Gasteiger partial charge on any atom is 0.321 e. The van der Waals surface area contributed by atoms with Crippen molar-refractivity contribution in [3.63, 3.8) is 0 Å². The fourth-order valence-corrected chi connectivity index (χ4v) is 4.14. The topological polar surface area (TPSA) is 65.1 Å². The molecule has 28 heavy (non-hydrogen) atoms. The smallest absolute Gasteiger partial charge is 0.321 e. The Morgan fingerprint density at radius 3 is 2.18 bits per heavy atom. The third kappa shape index (κ3) is 5.38. The lowest BCUT2D eigenvalue weighted by molar-refractivity contribution is -0.135. The Labute approximate surface area is 167 Å². The largest absolute Gasteiger partial charge is 0.497 e. The van der Waals surface area contributed by atoms with Crippen molar-refractivity contribution >= 4 is 17.6 Å². The Kier molecular flexibility index (Phi) is 6.78. The zero-order valence-electron chi connectivity index (χ0n) is 17.2. The Bertz CT molecular complexity index is 661. The van der Waals surface area contributed by atoms with Crippen LogP contribution in [0.3, 0.4) is 0 Å². The van der Waals surface area contributed by atoms with Crippen molar-refractivity contribution in [2.75, 3.05) is 58.2 Å². The second kappa shape index (κ2) is 9.28. The van der Waals surface area contributed by atoms with E-state index in [0.717, 1.165) is 37.6 Å². The summed E-state index contributed by atoms with van der Waals surface area (Å²) in [6.45, 7) is 9.33. The van der Waals surface area contributed by atoms with Crippen LogP contribution in [-0.2, 0) is 4.79 Å². The average Bonchev–Trinajstić information content (AvgIpc) is 2.68. The number of amides is 3.